The SMILES string of the molecule is CCN(CC)Cc1cc(-c2ccc3c(c2)OCO3)ccc1OCC(=O)Nc1ccc(OC)cc1. The number of carbonyl (C=O) groups excluding carboxylic acids is 1. The second kappa shape index (κ2) is 10.9. The van der Waals surface area contributed by atoms with Crippen LogP contribution in [0.15, 0.2) is 60.7 Å². The van der Waals surface area contributed by atoms with Crippen LogP contribution in [0.3, 0.4) is 0 Å². The van der Waals surface area contributed by atoms with E-state index in [-0.39, 0.29) is 19.3 Å². The van der Waals surface area contributed by atoms with Crippen molar-refractivity contribution in [1.29, 1.82) is 0 Å². The third-order valence-electron chi connectivity index (χ3n) is 5.79. The van der Waals surface area contributed by atoms with E-state index in [1.165, 1.54) is 0 Å². The Morgan fingerprint density at radius 2 is 1.65 bits per heavy atom. The minimum atomic E-state index is -0.223. The fourth-order valence-corrected chi connectivity index (χ4v) is 3.80. The van der Waals surface area contributed by atoms with Crippen molar-refractivity contribution < 1.29 is 23.7 Å². The molecule has 0 aliphatic carbocycles. The van der Waals surface area contributed by atoms with Crippen LogP contribution in [0.4, 0.5) is 5.69 Å². The summed E-state index contributed by atoms with van der Waals surface area (Å²) in [5.41, 5.74) is 3.80. The number of carbonyl (C=O) groups is 1. The molecule has 0 fully saturated rings. The molecule has 0 saturated carbocycles. The molecule has 3 aromatic rings. The van der Waals surface area contributed by atoms with E-state index in [9.17, 15) is 4.79 Å². The van der Waals surface area contributed by atoms with Gasteiger partial charge in [0.1, 0.15) is 11.5 Å². The van der Waals surface area contributed by atoms with E-state index in [0.29, 0.717) is 11.4 Å². The van der Waals surface area contributed by atoms with Gasteiger partial charge < -0.3 is 24.3 Å². The van der Waals surface area contributed by atoms with Crippen LogP contribution in [0.1, 0.15) is 19.4 Å². The van der Waals surface area contributed by atoms with Crippen molar-refractivity contribution in [3.05, 3.63) is 66.2 Å². The maximum absolute atomic E-state index is 12.5. The lowest BCUT2D eigenvalue weighted by molar-refractivity contribution is -0.118. The Morgan fingerprint density at radius 1 is 0.941 bits per heavy atom. The molecule has 1 N–H and O–H groups in total. The molecule has 0 atom stereocenters. The highest BCUT2D eigenvalue weighted by molar-refractivity contribution is 5.92. The average molecular weight is 463 g/mol. The smallest absolute Gasteiger partial charge is 0.262 e. The molecule has 1 heterocycles. The van der Waals surface area contributed by atoms with Crippen molar-refractivity contribution in [2.24, 2.45) is 0 Å². The summed E-state index contributed by atoms with van der Waals surface area (Å²) in [4.78, 5) is 14.8. The molecule has 0 unspecified atom stereocenters. The molecule has 3 aromatic carbocycles. The van der Waals surface area contributed by atoms with Crippen molar-refractivity contribution in [1.82, 2.24) is 4.90 Å². The summed E-state index contributed by atoms with van der Waals surface area (Å²) in [7, 11) is 1.61. The van der Waals surface area contributed by atoms with E-state index >= 15 is 0 Å². The molecular weight excluding hydrogens is 432 g/mol. The number of rotatable bonds is 10. The number of nitrogens with one attached hydrogen (secondary N) is 1. The molecule has 0 saturated heterocycles. The maximum atomic E-state index is 12.5. The number of nitrogens with zero attached hydrogens (tertiary/aromatic N) is 1. The zero-order valence-corrected chi connectivity index (χ0v) is 19.8. The molecule has 4 rings (SSSR count). The largest absolute Gasteiger partial charge is 0.497 e. The molecule has 1 amide bonds. The number of ether oxygens (including phenoxy) is 4. The molecule has 1 aliphatic heterocycles. The average Bonchev–Trinajstić information content (AvgIpc) is 3.35. The second-order valence-corrected chi connectivity index (χ2v) is 7.92. The van der Waals surface area contributed by atoms with Gasteiger partial charge in [-0.2, -0.15) is 0 Å². The lowest BCUT2D eigenvalue weighted by atomic mass is 10.0. The first-order chi connectivity index (χ1) is 16.6. The molecule has 1 aliphatic rings. The van der Waals surface area contributed by atoms with Crippen LogP contribution in [-0.2, 0) is 11.3 Å². The van der Waals surface area contributed by atoms with Crippen molar-refractivity contribution in [3.63, 3.8) is 0 Å². The summed E-state index contributed by atoms with van der Waals surface area (Å²) >= 11 is 0. The number of fused-ring (bicyclic) bond motifs is 1. The molecular formula is C27H30N2O5. The molecule has 0 bridgehead atoms. The van der Waals surface area contributed by atoms with E-state index in [2.05, 4.69) is 30.1 Å². The first kappa shape index (κ1) is 23.4. The summed E-state index contributed by atoms with van der Waals surface area (Å²) in [5, 5.41) is 2.85. The van der Waals surface area contributed by atoms with E-state index in [1.54, 1.807) is 31.4 Å². The highest BCUT2D eigenvalue weighted by atomic mass is 16.7. The molecule has 178 valence electrons. The predicted molar refractivity (Wildman–Crippen MR) is 132 cm³/mol. The van der Waals surface area contributed by atoms with E-state index < -0.39 is 0 Å². The Morgan fingerprint density at radius 3 is 2.38 bits per heavy atom. The topological polar surface area (TPSA) is 69.3 Å². The Bertz CT molecular complexity index is 1130. The van der Waals surface area contributed by atoms with Crippen LogP contribution in [0.2, 0.25) is 0 Å². The first-order valence-electron chi connectivity index (χ1n) is 11.4. The van der Waals surface area contributed by atoms with Crippen LogP contribution in [0, 0.1) is 0 Å². The first-order valence-corrected chi connectivity index (χ1v) is 11.4. The lowest BCUT2D eigenvalue weighted by Crippen LogP contribution is -2.24. The van der Waals surface area contributed by atoms with Gasteiger partial charge in [-0.1, -0.05) is 26.0 Å². The van der Waals surface area contributed by atoms with Gasteiger partial charge in [0.05, 0.1) is 7.11 Å². The van der Waals surface area contributed by atoms with E-state index in [4.69, 9.17) is 18.9 Å². The fraction of sp³-hybridized carbons (Fsp3) is 0.296. The van der Waals surface area contributed by atoms with E-state index in [1.807, 2.05) is 30.3 Å². The molecule has 34 heavy (non-hydrogen) atoms. The fourth-order valence-electron chi connectivity index (χ4n) is 3.80. The second-order valence-electron chi connectivity index (χ2n) is 7.92. The monoisotopic (exact) mass is 462 g/mol. The molecule has 7 heteroatoms. The van der Waals surface area contributed by atoms with Crippen molar-refractivity contribution in [2.45, 2.75) is 20.4 Å². The zero-order valence-electron chi connectivity index (χ0n) is 19.8. The van der Waals surface area contributed by atoms with Gasteiger partial charge >= 0.3 is 0 Å². The zero-order chi connectivity index (χ0) is 23.9. The highest BCUT2D eigenvalue weighted by Gasteiger charge is 2.16. The number of hydrogen-bond acceptors (Lipinski definition) is 6. The Kier molecular flexibility index (Phi) is 7.54. The molecule has 0 spiro atoms. The summed E-state index contributed by atoms with van der Waals surface area (Å²) in [5.74, 6) is 2.71. The molecule has 7 nitrogen and oxygen atoms in total. The number of methoxy groups -OCH3 is 1. The third-order valence-corrected chi connectivity index (χ3v) is 5.79. The lowest BCUT2D eigenvalue weighted by Gasteiger charge is -2.21. The Hall–Kier alpha value is -3.71. The van der Waals surface area contributed by atoms with Crippen molar-refractivity contribution in [2.75, 3.05) is 38.9 Å². The number of anilines is 1. The molecule has 0 radical (unpaired) electrons. The Balaban J connectivity index is 1.50. The summed E-state index contributed by atoms with van der Waals surface area (Å²) < 4.78 is 22.1. The van der Waals surface area contributed by atoms with Crippen molar-refractivity contribution in [3.8, 4) is 34.1 Å². The number of hydrogen-bond donors (Lipinski definition) is 1. The summed E-state index contributed by atoms with van der Waals surface area (Å²) in [6.45, 7) is 6.99. The predicted octanol–water partition coefficient (Wildman–Crippen LogP) is 4.95. The highest BCUT2D eigenvalue weighted by Crippen LogP contribution is 2.37. The number of benzene rings is 3. The minimum Gasteiger partial charge on any atom is -0.497 e. The standard InChI is InChI=1S/C27H30N2O5/c1-4-29(5-2)16-21-14-19(20-7-13-25-26(15-20)34-18-33-25)6-12-24(21)32-17-27(30)28-22-8-10-23(31-3)11-9-22/h6-15H,4-5,16-18H2,1-3H3,(H,28,30). The third kappa shape index (κ3) is 5.61. The quantitative estimate of drug-likeness (QED) is 0.460. The maximum Gasteiger partial charge on any atom is 0.262 e. The van der Waals surface area contributed by atoms with Crippen LogP contribution < -0.4 is 24.3 Å². The summed E-state index contributed by atoms with van der Waals surface area (Å²) in [6, 6.07) is 19.2. The van der Waals surface area contributed by atoms with Crippen LogP contribution in [-0.4, -0.2) is 44.4 Å². The Labute approximate surface area is 200 Å². The van der Waals surface area contributed by atoms with Gasteiger partial charge in [-0.15, -0.1) is 0 Å². The normalized spacial score (nSPS) is 12.0. The number of amides is 1. The van der Waals surface area contributed by atoms with Crippen LogP contribution in [0.25, 0.3) is 11.1 Å². The van der Waals surface area contributed by atoms with Crippen LogP contribution >= 0.6 is 0 Å². The van der Waals surface area contributed by atoms with Gasteiger partial charge in [0.15, 0.2) is 18.1 Å². The van der Waals surface area contributed by atoms with Gasteiger partial charge in [-0.3, -0.25) is 9.69 Å². The van der Waals surface area contributed by atoms with Gasteiger partial charge in [-0.25, -0.2) is 0 Å². The minimum absolute atomic E-state index is 0.0827. The van der Waals surface area contributed by atoms with Gasteiger partial charge in [-0.05, 0) is 72.7 Å². The molecule has 0 aromatic heterocycles. The van der Waals surface area contributed by atoms with Gasteiger partial charge in [0.2, 0.25) is 6.79 Å². The van der Waals surface area contributed by atoms with Gasteiger partial charge in [0, 0.05) is 17.8 Å². The van der Waals surface area contributed by atoms with Crippen molar-refractivity contribution >= 4 is 11.6 Å². The van der Waals surface area contributed by atoms with Gasteiger partial charge in [0.25, 0.3) is 5.91 Å². The summed E-state index contributed by atoms with van der Waals surface area (Å²) in [6.07, 6.45) is 0. The van der Waals surface area contributed by atoms with Crippen LogP contribution in [0.5, 0.6) is 23.0 Å². The van der Waals surface area contributed by atoms with E-state index in [0.717, 1.165) is 53.6 Å².